The Kier molecular flexibility index (Phi) is 3.82. The van der Waals surface area contributed by atoms with E-state index in [1.54, 1.807) is 0 Å². The number of hydrogen-bond donors (Lipinski definition) is 1. The first-order chi connectivity index (χ1) is 9.58. The van der Waals surface area contributed by atoms with Crippen molar-refractivity contribution in [1.29, 1.82) is 0 Å². The molecule has 20 heavy (non-hydrogen) atoms. The van der Waals surface area contributed by atoms with Crippen molar-refractivity contribution in [2.75, 3.05) is 13.2 Å². The zero-order chi connectivity index (χ0) is 14.2. The van der Waals surface area contributed by atoms with Gasteiger partial charge in [0.05, 0.1) is 6.61 Å². The maximum absolute atomic E-state index is 6.20. The fourth-order valence-corrected chi connectivity index (χ4v) is 3.80. The van der Waals surface area contributed by atoms with Crippen LogP contribution < -0.4 is 5.73 Å². The fourth-order valence-electron chi connectivity index (χ4n) is 3.80. The van der Waals surface area contributed by atoms with Crippen LogP contribution in [0.3, 0.4) is 0 Å². The van der Waals surface area contributed by atoms with E-state index < -0.39 is 5.54 Å². The van der Waals surface area contributed by atoms with Gasteiger partial charge in [-0.2, -0.15) is 4.98 Å². The molecule has 1 aromatic rings. The van der Waals surface area contributed by atoms with Gasteiger partial charge in [0.15, 0.2) is 5.82 Å². The van der Waals surface area contributed by atoms with Crippen molar-refractivity contribution in [3.63, 3.8) is 0 Å². The molecule has 4 atom stereocenters. The molecule has 1 heterocycles. The first-order valence-corrected chi connectivity index (χ1v) is 7.78. The van der Waals surface area contributed by atoms with Crippen LogP contribution in [-0.4, -0.2) is 23.4 Å². The van der Waals surface area contributed by atoms with Gasteiger partial charge in [-0.3, -0.25) is 0 Å². The molecule has 0 aliphatic heterocycles. The first kappa shape index (κ1) is 14.0. The van der Waals surface area contributed by atoms with Gasteiger partial charge in [-0.15, -0.1) is 0 Å². The van der Waals surface area contributed by atoms with Gasteiger partial charge in [0.2, 0.25) is 5.89 Å². The first-order valence-electron chi connectivity index (χ1n) is 7.78. The summed E-state index contributed by atoms with van der Waals surface area (Å²) >= 11 is 0. The highest BCUT2D eigenvalue weighted by molar-refractivity contribution is 5.03. The number of ether oxygens (including phenoxy) is 1. The molecule has 0 radical (unpaired) electrons. The predicted molar refractivity (Wildman–Crippen MR) is 75.0 cm³/mol. The summed E-state index contributed by atoms with van der Waals surface area (Å²) in [4.78, 5) is 4.50. The summed E-state index contributed by atoms with van der Waals surface area (Å²) in [6, 6.07) is 0. The van der Waals surface area contributed by atoms with Crippen molar-refractivity contribution >= 4 is 0 Å². The van der Waals surface area contributed by atoms with Crippen molar-refractivity contribution in [3.8, 4) is 0 Å². The van der Waals surface area contributed by atoms with Crippen LogP contribution in [0.5, 0.6) is 0 Å². The van der Waals surface area contributed by atoms with Crippen molar-refractivity contribution in [3.05, 3.63) is 11.7 Å². The van der Waals surface area contributed by atoms with E-state index in [1.807, 2.05) is 13.8 Å². The van der Waals surface area contributed by atoms with Crippen LogP contribution in [0.1, 0.15) is 51.2 Å². The van der Waals surface area contributed by atoms with Gasteiger partial charge in [0.25, 0.3) is 0 Å². The minimum Gasteiger partial charge on any atom is -0.379 e. The van der Waals surface area contributed by atoms with Gasteiger partial charge in [-0.05, 0) is 50.9 Å². The van der Waals surface area contributed by atoms with Crippen molar-refractivity contribution in [2.24, 2.45) is 23.5 Å². The van der Waals surface area contributed by atoms with Crippen LogP contribution in [-0.2, 0) is 16.7 Å². The minimum absolute atomic E-state index is 0.413. The Hall–Kier alpha value is -0.940. The van der Waals surface area contributed by atoms with E-state index in [0.717, 1.165) is 30.1 Å². The Labute approximate surface area is 120 Å². The summed E-state index contributed by atoms with van der Waals surface area (Å²) < 4.78 is 10.8. The average Bonchev–Trinajstić information content (AvgIpc) is 3.12. The third-order valence-corrected chi connectivity index (χ3v) is 4.91. The second-order valence-corrected chi connectivity index (χ2v) is 6.71. The largest absolute Gasteiger partial charge is 0.379 e. The van der Waals surface area contributed by atoms with E-state index >= 15 is 0 Å². The van der Waals surface area contributed by atoms with Gasteiger partial charge in [-0.1, -0.05) is 11.6 Å². The Morgan fingerprint density at radius 1 is 1.40 bits per heavy atom. The smallest absolute Gasteiger partial charge is 0.227 e. The maximum Gasteiger partial charge on any atom is 0.227 e. The molecule has 1 aromatic heterocycles. The van der Waals surface area contributed by atoms with Gasteiger partial charge >= 0.3 is 0 Å². The monoisotopic (exact) mass is 279 g/mol. The third kappa shape index (κ3) is 2.74. The predicted octanol–water partition coefficient (Wildman–Crippen LogP) is 2.26. The third-order valence-electron chi connectivity index (χ3n) is 4.91. The molecule has 0 saturated heterocycles. The number of nitrogens with zero attached hydrogens (tertiary/aromatic N) is 2. The van der Waals surface area contributed by atoms with E-state index in [4.69, 9.17) is 15.0 Å². The second-order valence-electron chi connectivity index (χ2n) is 6.71. The van der Waals surface area contributed by atoms with Crippen molar-refractivity contribution in [1.82, 2.24) is 10.1 Å². The molecule has 0 spiro atoms. The minimum atomic E-state index is -0.674. The van der Waals surface area contributed by atoms with E-state index in [0.29, 0.717) is 19.0 Å². The summed E-state index contributed by atoms with van der Waals surface area (Å²) in [6.07, 6.45) is 6.46. The molecule has 0 aromatic carbocycles. The van der Waals surface area contributed by atoms with Crippen LogP contribution in [0.25, 0.3) is 0 Å². The fraction of sp³-hybridized carbons (Fsp3) is 0.867. The topological polar surface area (TPSA) is 74.2 Å². The molecule has 2 bridgehead atoms. The zero-order valence-electron chi connectivity index (χ0n) is 12.5. The average molecular weight is 279 g/mol. The Balaban J connectivity index is 1.62. The van der Waals surface area contributed by atoms with Gasteiger partial charge in [0, 0.05) is 13.0 Å². The molecule has 0 amide bonds. The highest BCUT2D eigenvalue weighted by Crippen LogP contribution is 2.49. The molecular formula is C15H25N3O2. The lowest BCUT2D eigenvalue weighted by Gasteiger charge is -2.20. The van der Waals surface area contributed by atoms with E-state index in [2.05, 4.69) is 10.1 Å². The molecule has 2 aliphatic carbocycles. The SMILES string of the molecule is CCOCC(C)(N)c1noc(CC2CC3CCC2C3)n1. The standard InChI is InChI=1S/C15H25N3O2/c1-3-19-9-15(2,16)14-17-13(20-18-14)8-12-7-10-4-5-11(12)6-10/h10-12H,3-9,16H2,1-2H3. The van der Waals surface area contributed by atoms with Crippen LogP contribution in [0.15, 0.2) is 4.52 Å². The lowest BCUT2D eigenvalue weighted by Crippen LogP contribution is -2.39. The lowest BCUT2D eigenvalue weighted by molar-refractivity contribution is 0.0962. The van der Waals surface area contributed by atoms with Gasteiger partial charge < -0.3 is 15.0 Å². The van der Waals surface area contributed by atoms with Crippen molar-refractivity contribution < 1.29 is 9.26 Å². The summed E-state index contributed by atoms with van der Waals surface area (Å²) in [7, 11) is 0. The highest BCUT2D eigenvalue weighted by Gasteiger charge is 2.40. The molecule has 2 N–H and O–H groups in total. The number of fused-ring (bicyclic) bond motifs is 2. The summed E-state index contributed by atoms with van der Waals surface area (Å²) in [5, 5.41) is 4.05. The van der Waals surface area contributed by atoms with Crippen LogP contribution >= 0.6 is 0 Å². The number of hydrogen-bond acceptors (Lipinski definition) is 5. The highest BCUT2D eigenvalue weighted by atomic mass is 16.5. The van der Waals surface area contributed by atoms with Crippen LogP contribution in [0.2, 0.25) is 0 Å². The van der Waals surface area contributed by atoms with E-state index in [-0.39, 0.29) is 0 Å². The molecule has 2 aliphatic rings. The van der Waals surface area contributed by atoms with E-state index in [1.165, 1.54) is 25.7 Å². The number of aromatic nitrogens is 2. The van der Waals surface area contributed by atoms with Crippen LogP contribution in [0.4, 0.5) is 0 Å². The van der Waals surface area contributed by atoms with E-state index in [9.17, 15) is 0 Å². The van der Waals surface area contributed by atoms with Gasteiger partial charge in [-0.25, -0.2) is 0 Å². The molecular weight excluding hydrogens is 254 g/mol. The maximum atomic E-state index is 6.20. The molecule has 5 nitrogen and oxygen atoms in total. The molecule has 112 valence electrons. The second kappa shape index (κ2) is 5.45. The summed E-state index contributed by atoms with van der Waals surface area (Å²) in [5.74, 6) is 3.86. The number of nitrogens with two attached hydrogens (primary N) is 1. The van der Waals surface area contributed by atoms with Crippen LogP contribution in [0, 0.1) is 17.8 Å². The lowest BCUT2D eigenvalue weighted by atomic mass is 9.86. The quantitative estimate of drug-likeness (QED) is 0.864. The number of rotatable bonds is 6. The normalized spacial score (nSPS) is 31.6. The van der Waals surface area contributed by atoms with Gasteiger partial charge in [0.1, 0.15) is 5.54 Å². The molecule has 2 fully saturated rings. The molecule has 4 unspecified atom stereocenters. The molecule has 3 rings (SSSR count). The molecule has 5 heteroatoms. The van der Waals surface area contributed by atoms with Crippen molar-refractivity contribution in [2.45, 2.75) is 51.5 Å². The summed E-state index contributed by atoms with van der Waals surface area (Å²) in [5.41, 5.74) is 5.52. The Morgan fingerprint density at radius 3 is 2.90 bits per heavy atom. The Bertz CT molecular complexity index is 458. The molecule has 2 saturated carbocycles. The zero-order valence-corrected chi connectivity index (χ0v) is 12.5. The summed E-state index contributed by atoms with van der Waals surface area (Å²) in [6.45, 7) is 4.89. The Morgan fingerprint density at radius 2 is 2.25 bits per heavy atom.